The van der Waals surface area contributed by atoms with Crippen molar-refractivity contribution >= 4 is 27.6 Å². The van der Waals surface area contributed by atoms with Crippen LogP contribution in [0.3, 0.4) is 0 Å². The van der Waals surface area contributed by atoms with Gasteiger partial charge in [-0.2, -0.15) is 0 Å². The Bertz CT molecular complexity index is 928. The first-order chi connectivity index (χ1) is 11.1. The Kier molecular flexibility index (Phi) is 2.51. The number of para-hydroxylation sites is 1. The highest BCUT2D eigenvalue weighted by molar-refractivity contribution is 6.06. The first-order valence-corrected chi connectivity index (χ1v) is 8.52. The molecule has 0 N–H and O–H groups in total. The Labute approximate surface area is 136 Å². The maximum absolute atomic E-state index is 6.04. The summed E-state index contributed by atoms with van der Waals surface area (Å²) in [6.07, 6.45) is 1.73. The first-order valence-electron chi connectivity index (χ1n) is 8.52. The number of hydrogen-bond donors (Lipinski definition) is 0. The zero-order valence-electron chi connectivity index (χ0n) is 14.0. The number of rotatable bonds is 1. The van der Waals surface area contributed by atoms with Crippen molar-refractivity contribution in [1.29, 1.82) is 0 Å². The van der Waals surface area contributed by atoms with Gasteiger partial charge in [-0.3, -0.25) is 4.90 Å². The molecule has 5 rings (SSSR count). The Morgan fingerprint density at radius 2 is 1.96 bits per heavy atom. The minimum absolute atomic E-state index is 0.261. The maximum Gasteiger partial charge on any atom is 0.135 e. The summed E-state index contributed by atoms with van der Waals surface area (Å²) in [4.78, 5) is 5.23. The van der Waals surface area contributed by atoms with Gasteiger partial charge in [-0.1, -0.05) is 18.2 Å². The summed E-state index contributed by atoms with van der Waals surface area (Å²) in [5.41, 5.74) is 4.90. The minimum Gasteiger partial charge on any atom is -0.456 e. The molecule has 1 aromatic heterocycles. The van der Waals surface area contributed by atoms with Gasteiger partial charge in [0.15, 0.2) is 0 Å². The predicted molar refractivity (Wildman–Crippen MR) is 95.0 cm³/mol. The van der Waals surface area contributed by atoms with E-state index in [0.29, 0.717) is 6.17 Å². The van der Waals surface area contributed by atoms with Gasteiger partial charge in [0.1, 0.15) is 11.2 Å². The molecular weight excluding hydrogens is 284 g/mol. The van der Waals surface area contributed by atoms with Crippen molar-refractivity contribution in [2.45, 2.75) is 38.9 Å². The van der Waals surface area contributed by atoms with Gasteiger partial charge < -0.3 is 9.32 Å². The third kappa shape index (κ3) is 1.69. The van der Waals surface area contributed by atoms with Gasteiger partial charge in [-0.15, -0.1) is 0 Å². The molecule has 2 fully saturated rings. The molecule has 23 heavy (non-hydrogen) atoms. The van der Waals surface area contributed by atoms with Gasteiger partial charge in [0.2, 0.25) is 0 Å². The van der Waals surface area contributed by atoms with Gasteiger partial charge in [0.05, 0.1) is 11.7 Å². The average molecular weight is 306 g/mol. The van der Waals surface area contributed by atoms with E-state index < -0.39 is 0 Å². The topological polar surface area (TPSA) is 19.6 Å². The number of benzene rings is 2. The smallest absolute Gasteiger partial charge is 0.135 e. The molecule has 0 spiro atoms. The molecule has 0 amide bonds. The first kappa shape index (κ1) is 13.4. The van der Waals surface area contributed by atoms with E-state index >= 15 is 0 Å². The number of furan rings is 1. The molecule has 3 atom stereocenters. The Balaban J connectivity index is 1.75. The third-order valence-corrected chi connectivity index (χ3v) is 5.92. The number of fused-ring (bicyclic) bond motifs is 5. The van der Waals surface area contributed by atoms with Crippen LogP contribution in [0.2, 0.25) is 0 Å². The van der Waals surface area contributed by atoms with Crippen LogP contribution < -0.4 is 4.90 Å². The SMILES string of the molecule is Cc1cc2oc3ccccc3c2cc1N1[C@@H](C)N2CCC1(C)C2. The van der Waals surface area contributed by atoms with Crippen LogP contribution in [0.25, 0.3) is 21.9 Å². The molecule has 0 radical (unpaired) electrons. The van der Waals surface area contributed by atoms with Crippen molar-refractivity contribution in [3.8, 4) is 0 Å². The summed E-state index contributed by atoms with van der Waals surface area (Å²) in [6, 6.07) is 12.9. The van der Waals surface area contributed by atoms with Crippen LogP contribution >= 0.6 is 0 Å². The van der Waals surface area contributed by atoms with Crippen molar-refractivity contribution in [1.82, 2.24) is 4.90 Å². The summed E-state index contributed by atoms with van der Waals surface area (Å²) in [5, 5.41) is 2.45. The summed E-state index contributed by atoms with van der Waals surface area (Å²) in [7, 11) is 0. The standard InChI is InChI=1S/C20H22N2O/c1-13-10-19-16(15-6-4-5-7-18(15)23-19)11-17(13)22-14(2)21-9-8-20(22,3)12-21/h4-7,10-11,14H,8-9,12H2,1-3H3/t14-,20?/m0/s1. The molecule has 0 aliphatic carbocycles. The quantitative estimate of drug-likeness (QED) is 0.659. The van der Waals surface area contributed by atoms with Crippen molar-refractivity contribution in [2.75, 3.05) is 18.0 Å². The van der Waals surface area contributed by atoms with Crippen LogP contribution in [0.1, 0.15) is 25.8 Å². The Morgan fingerprint density at radius 1 is 1.13 bits per heavy atom. The van der Waals surface area contributed by atoms with Gasteiger partial charge >= 0.3 is 0 Å². The third-order valence-electron chi connectivity index (χ3n) is 5.92. The highest BCUT2D eigenvalue weighted by atomic mass is 16.3. The van der Waals surface area contributed by atoms with E-state index in [2.05, 4.69) is 60.9 Å². The van der Waals surface area contributed by atoms with E-state index in [9.17, 15) is 0 Å². The Morgan fingerprint density at radius 3 is 2.74 bits per heavy atom. The lowest BCUT2D eigenvalue weighted by molar-refractivity contribution is 0.278. The molecule has 3 heteroatoms. The molecule has 0 saturated carbocycles. The summed E-state index contributed by atoms with van der Waals surface area (Å²) in [6.45, 7) is 9.36. The second-order valence-corrected chi connectivity index (χ2v) is 7.45. The summed E-state index contributed by atoms with van der Waals surface area (Å²) < 4.78 is 6.04. The van der Waals surface area contributed by atoms with E-state index in [1.807, 2.05) is 6.07 Å². The molecular formula is C20H22N2O. The lowest BCUT2D eigenvalue weighted by atomic mass is 9.96. The van der Waals surface area contributed by atoms with E-state index in [-0.39, 0.29) is 5.54 Å². The Hall–Kier alpha value is -2.00. The molecule has 3 heterocycles. The van der Waals surface area contributed by atoms with E-state index in [1.165, 1.54) is 41.5 Å². The lowest BCUT2D eigenvalue weighted by Crippen LogP contribution is -2.50. The van der Waals surface area contributed by atoms with E-state index in [1.54, 1.807) is 0 Å². The van der Waals surface area contributed by atoms with Gasteiger partial charge in [-0.25, -0.2) is 0 Å². The average Bonchev–Trinajstić information content (AvgIpc) is 3.15. The van der Waals surface area contributed by atoms with Crippen LogP contribution in [-0.4, -0.2) is 29.7 Å². The molecule has 2 aromatic carbocycles. The van der Waals surface area contributed by atoms with Crippen LogP contribution in [0.4, 0.5) is 5.69 Å². The van der Waals surface area contributed by atoms with Gasteiger partial charge in [0.25, 0.3) is 0 Å². The number of aryl methyl sites for hydroxylation is 1. The van der Waals surface area contributed by atoms with E-state index in [4.69, 9.17) is 4.42 Å². The number of anilines is 1. The molecule has 2 saturated heterocycles. The molecule has 3 nitrogen and oxygen atoms in total. The van der Waals surface area contributed by atoms with Crippen molar-refractivity contribution in [3.63, 3.8) is 0 Å². The van der Waals surface area contributed by atoms with Gasteiger partial charge in [-0.05, 0) is 51.0 Å². The van der Waals surface area contributed by atoms with Crippen molar-refractivity contribution < 1.29 is 4.42 Å². The molecule has 3 aromatic rings. The van der Waals surface area contributed by atoms with E-state index in [0.717, 1.165) is 11.2 Å². The number of nitrogens with zero attached hydrogens (tertiary/aromatic N) is 2. The highest BCUT2D eigenvalue weighted by Crippen LogP contribution is 2.44. The van der Waals surface area contributed by atoms with Crippen molar-refractivity contribution in [3.05, 3.63) is 42.0 Å². The number of hydrogen-bond acceptors (Lipinski definition) is 3. The van der Waals surface area contributed by atoms with Crippen LogP contribution in [0.5, 0.6) is 0 Å². The second-order valence-electron chi connectivity index (χ2n) is 7.45. The fraction of sp³-hybridized carbons (Fsp3) is 0.400. The fourth-order valence-corrected chi connectivity index (χ4v) is 4.72. The largest absolute Gasteiger partial charge is 0.456 e. The van der Waals surface area contributed by atoms with Crippen LogP contribution in [-0.2, 0) is 0 Å². The van der Waals surface area contributed by atoms with Crippen molar-refractivity contribution in [2.24, 2.45) is 0 Å². The highest BCUT2D eigenvalue weighted by Gasteiger charge is 2.50. The zero-order chi connectivity index (χ0) is 15.8. The predicted octanol–water partition coefficient (Wildman–Crippen LogP) is 4.52. The molecule has 2 unspecified atom stereocenters. The summed E-state index contributed by atoms with van der Waals surface area (Å²) >= 11 is 0. The maximum atomic E-state index is 6.04. The second kappa shape index (κ2) is 4.30. The normalized spacial score (nSPS) is 30.0. The summed E-state index contributed by atoms with van der Waals surface area (Å²) in [5.74, 6) is 0. The lowest BCUT2D eigenvalue weighted by Gasteiger charge is -2.42. The van der Waals surface area contributed by atoms with Gasteiger partial charge in [0, 0.05) is 29.5 Å². The molecule has 2 aliphatic rings. The molecule has 2 aliphatic heterocycles. The minimum atomic E-state index is 0.261. The van der Waals surface area contributed by atoms with Crippen LogP contribution in [0, 0.1) is 6.92 Å². The van der Waals surface area contributed by atoms with Crippen LogP contribution in [0.15, 0.2) is 40.8 Å². The zero-order valence-corrected chi connectivity index (χ0v) is 14.0. The monoisotopic (exact) mass is 306 g/mol. The fourth-order valence-electron chi connectivity index (χ4n) is 4.72. The molecule has 2 bridgehead atoms. The molecule has 118 valence electrons.